The fourth-order valence-corrected chi connectivity index (χ4v) is 4.87. The zero-order valence-corrected chi connectivity index (χ0v) is 17.6. The summed E-state index contributed by atoms with van der Waals surface area (Å²) in [6, 6.07) is 7.77. The van der Waals surface area contributed by atoms with Crippen LogP contribution in [0.15, 0.2) is 35.3 Å². The van der Waals surface area contributed by atoms with Crippen molar-refractivity contribution in [3.8, 4) is 0 Å². The zero-order chi connectivity index (χ0) is 21.4. The lowest BCUT2D eigenvalue weighted by Crippen LogP contribution is -2.24. The Balaban J connectivity index is 1.41. The lowest BCUT2D eigenvalue weighted by Gasteiger charge is -2.21. The number of nitrogens with zero attached hydrogens (tertiary/aromatic N) is 5. The molecule has 3 aromatic rings. The van der Waals surface area contributed by atoms with Crippen molar-refractivity contribution in [2.75, 3.05) is 26.3 Å². The molecule has 2 aliphatic heterocycles. The number of hydrogen-bond acceptors (Lipinski definition) is 5. The highest BCUT2D eigenvalue weighted by atomic mass is 16.5. The van der Waals surface area contributed by atoms with Gasteiger partial charge in [-0.05, 0) is 24.3 Å². The van der Waals surface area contributed by atoms with Crippen molar-refractivity contribution in [1.29, 1.82) is 0 Å². The summed E-state index contributed by atoms with van der Waals surface area (Å²) in [5, 5.41) is 4.86. The van der Waals surface area contributed by atoms with E-state index in [2.05, 4.69) is 32.7 Å². The highest BCUT2D eigenvalue weighted by Crippen LogP contribution is 2.32. The van der Waals surface area contributed by atoms with Gasteiger partial charge in [-0.3, -0.25) is 9.69 Å². The van der Waals surface area contributed by atoms with E-state index in [9.17, 15) is 4.79 Å². The van der Waals surface area contributed by atoms with Crippen molar-refractivity contribution in [3.63, 3.8) is 0 Å². The van der Waals surface area contributed by atoms with Crippen LogP contribution in [0.1, 0.15) is 48.8 Å². The number of fused-ring (bicyclic) bond motifs is 1. The van der Waals surface area contributed by atoms with E-state index in [1.807, 2.05) is 18.2 Å². The second-order valence-corrected chi connectivity index (χ2v) is 8.70. The number of H-pyrrole nitrogens is 1. The molecule has 0 saturated carbocycles. The Morgan fingerprint density at radius 1 is 1.29 bits per heavy atom. The van der Waals surface area contributed by atoms with Crippen LogP contribution in [-0.4, -0.2) is 50.8 Å². The van der Waals surface area contributed by atoms with Gasteiger partial charge < -0.3 is 9.72 Å². The summed E-state index contributed by atoms with van der Waals surface area (Å²) in [7, 11) is 0. The Hall–Kier alpha value is -3.02. The molecule has 0 bridgehead atoms. The van der Waals surface area contributed by atoms with E-state index in [1.54, 1.807) is 10.7 Å². The van der Waals surface area contributed by atoms with Crippen LogP contribution >= 0.6 is 0 Å². The number of benzene rings is 1. The van der Waals surface area contributed by atoms with Gasteiger partial charge in [-0.25, -0.2) is 14.3 Å². The van der Waals surface area contributed by atoms with Gasteiger partial charge in [0.05, 0.1) is 12.8 Å². The first-order valence-electron chi connectivity index (χ1n) is 10.9. The van der Waals surface area contributed by atoms with Crippen LogP contribution in [0.2, 0.25) is 0 Å². The van der Waals surface area contributed by atoms with Crippen LogP contribution in [0.5, 0.6) is 0 Å². The van der Waals surface area contributed by atoms with Gasteiger partial charge in [0.1, 0.15) is 11.6 Å². The molecule has 2 aliphatic rings. The van der Waals surface area contributed by atoms with E-state index in [4.69, 9.17) is 16.4 Å². The summed E-state index contributed by atoms with van der Waals surface area (Å²) in [5.41, 5.74) is 2.17. The van der Waals surface area contributed by atoms with E-state index in [0.29, 0.717) is 17.1 Å². The first-order valence-corrected chi connectivity index (χ1v) is 10.9. The van der Waals surface area contributed by atoms with Gasteiger partial charge in [-0.15, -0.1) is 0 Å². The summed E-state index contributed by atoms with van der Waals surface area (Å²) in [6.45, 7) is 13.4. The van der Waals surface area contributed by atoms with Gasteiger partial charge >= 0.3 is 0 Å². The standard InChI is InChI=1S/C23H26N6O2/c1-15-12-28(13-16-4-3-5-18(10-16)24-2)14-19(15)21-26-23(30)20-11-25-22(29(20)27-21)17-6-8-31-9-7-17/h3-5,10-11,15,17,19H,6-9,12-14H2,1H3,(H,26,27,30). The lowest BCUT2D eigenvalue weighted by atomic mass is 9.97. The van der Waals surface area contributed by atoms with Gasteiger partial charge in [0.2, 0.25) is 0 Å². The maximum atomic E-state index is 12.8. The lowest BCUT2D eigenvalue weighted by molar-refractivity contribution is 0.0832. The van der Waals surface area contributed by atoms with Crippen molar-refractivity contribution >= 4 is 11.2 Å². The fraction of sp³-hybridized carbons (Fsp3) is 0.478. The van der Waals surface area contributed by atoms with E-state index < -0.39 is 0 Å². The number of rotatable bonds is 4. The van der Waals surface area contributed by atoms with Crippen LogP contribution < -0.4 is 5.56 Å². The minimum Gasteiger partial charge on any atom is -0.381 e. The van der Waals surface area contributed by atoms with Crippen LogP contribution in [0.3, 0.4) is 0 Å². The molecule has 31 heavy (non-hydrogen) atoms. The molecule has 1 aromatic carbocycles. The second-order valence-electron chi connectivity index (χ2n) is 8.70. The van der Waals surface area contributed by atoms with Gasteiger partial charge in [0.25, 0.3) is 5.56 Å². The Morgan fingerprint density at radius 2 is 2.13 bits per heavy atom. The van der Waals surface area contributed by atoms with E-state index >= 15 is 0 Å². The van der Waals surface area contributed by atoms with Crippen molar-refractivity contribution < 1.29 is 4.74 Å². The molecule has 2 unspecified atom stereocenters. The molecule has 4 heterocycles. The number of likely N-dealkylation sites (tertiary alicyclic amines) is 1. The van der Waals surface area contributed by atoms with E-state index in [1.165, 1.54) is 0 Å². The molecule has 0 aliphatic carbocycles. The van der Waals surface area contributed by atoms with Gasteiger partial charge in [-0.2, -0.15) is 5.10 Å². The molecule has 1 N–H and O–H groups in total. The first-order chi connectivity index (χ1) is 15.1. The third-order valence-corrected chi connectivity index (χ3v) is 6.52. The Kier molecular flexibility index (Phi) is 5.30. The van der Waals surface area contributed by atoms with Crippen LogP contribution in [-0.2, 0) is 11.3 Å². The molecule has 0 spiro atoms. The summed E-state index contributed by atoms with van der Waals surface area (Å²) < 4.78 is 7.24. The first kappa shape index (κ1) is 19.9. The van der Waals surface area contributed by atoms with Gasteiger partial charge in [0, 0.05) is 44.7 Å². The van der Waals surface area contributed by atoms with Gasteiger partial charge in [-0.1, -0.05) is 31.2 Å². The minimum absolute atomic E-state index is 0.133. The topological polar surface area (TPSA) is 79.9 Å². The van der Waals surface area contributed by atoms with Crippen molar-refractivity contribution in [3.05, 3.63) is 69.4 Å². The molecule has 2 fully saturated rings. The second kappa shape index (κ2) is 8.25. The summed E-state index contributed by atoms with van der Waals surface area (Å²) >= 11 is 0. The summed E-state index contributed by atoms with van der Waals surface area (Å²) in [4.78, 5) is 26.2. The number of aromatic nitrogens is 4. The predicted molar refractivity (Wildman–Crippen MR) is 116 cm³/mol. The molecular formula is C23H26N6O2. The molecule has 2 aromatic heterocycles. The predicted octanol–water partition coefficient (Wildman–Crippen LogP) is 3.10. The van der Waals surface area contributed by atoms with Crippen LogP contribution in [0, 0.1) is 12.5 Å². The third-order valence-electron chi connectivity index (χ3n) is 6.52. The maximum Gasteiger partial charge on any atom is 0.276 e. The van der Waals surface area contributed by atoms with Crippen LogP contribution in [0.25, 0.3) is 10.4 Å². The largest absolute Gasteiger partial charge is 0.381 e. The monoisotopic (exact) mass is 418 g/mol. The highest BCUT2D eigenvalue weighted by Gasteiger charge is 2.33. The molecule has 0 radical (unpaired) electrons. The maximum absolute atomic E-state index is 12.8. The molecule has 2 saturated heterocycles. The van der Waals surface area contributed by atoms with Crippen molar-refractivity contribution in [2.45, 2.75) is 38.1 Å². The van der Waals surface area contributed by atoms with Gasteiger partial charge in [0.15, 0.2) is 11.2 Å². The molecule has 8 nitrogen and oxygen atoms in total. The zero-order valence-electron chi connectivity index (χ0n) is 17.6. The average molecular weight is 419 g/mol. The summed E-state index contributed by atoms with van der Waals surface area (Å²) in [5.74, 6) is 2.37. The number of hydrogen-bond donors (Lipinski definition) is 1. The smallest absolute Gasteiger partial charge is 0.276 e. The van der Waals surface area contributed by atoms with E-state index in [0.717, 1.165) is 62.9 Å². The number of imidazole rings is 1. The summed E-state index contributed by atoms with van der Waals surface area (Å²) in [6.07, 6.45) is 3.44. The number of nitrogens with one attached hydrogen (secondary N) is 1. The average Bonchev–Trinajstić information content (AvgIpc) is 3.38. The SMILES string of the molecule is [C-]#[N+]c1cccc(CN2CC(C)C(c3nn4c(C5CCOCC5)ncc4c(=O)[nH]3)C2)c1. The minimum atomic E-state index is -0.133. The Bertz CT molecular complexity index is 1190. The Labute approximate surface area is 180 Å². The molecule has 160 valence electrons. The molecule has 0 amide bonds. The third kappa shape index (κ3) is 3.87. The fourth-order valence-electron chi connectivity index (χ4n) is 4.87. The molecule has 5 rings (SSSR count). The highest BCUT2D eigenvalue weighted by molar-refractivity contribution is 5.46. The molecule has 2 atom stereocenters. The quantitative estimate of drug-likeness (QED) is 0.659. The molecular weight excluding hydrogens is 392 g/mol. The van der Waals surface area contributed by atoms with Crippen molar-refractivity contribution in [1.82, 2.24) is 24.5 Å². The number of ether oxygens (including phenoxy) is 1. The normalized spacial score (nSPS) is 22.7. The molecule has 8 heteroatoms. The van der Waals surface area contributed by atoms with Crippen LogP contribution in [0.4, 0.5) is 5.69 Å². The Morgan fingerprint density at radius 3 is 2.94 bits per heavy atom. The number of aromatic amines is 1. The van der Waals surface area contributed by atoms with E-state index in [-0.39, 0.29) is 17.4 Å². The van der Waals surface area contributed by atoms with Crippen molar-refractivity contribution in [2.24, 2.45) is 5.92 Å².